The number of carbonyl (C=O) groups excluding carboxylic acids is 1. The van der Waals surface area contributed by atoms with E-state index in [1.54, 1.807) is 19.2 Å². The first-order valence-electron chi connectivity index (χ1n) is 6.22. The van der Waals surface area contributed by atoms with Crippen LogP contribution < -0.4 is 5.32 Å². The van der Waals surface area contributed by atoms with Crippen molar-refractivity contribution < 1.29 is 9.53 Å². The number of aryl methyl sites for hydroxylation is 1. The summed E-state index contributed by atoms with van der Waals surface area (Å²) in [6.45, 7) is 4.78. The van der Waals surface area contributed by atoms with Gasteiger partial charge in [-0.2, -0.15) is 0 Å². The number of esters is 1. The quantitative estimate of drug-likeness (QED) is 0.851. The molecule has 2 rings (SSSR count). The van der Waals surface area contributed by atoms with Crippen LogP contribution in [0.15, 0.2) is 24.4 Å². The Hall–Kier alpha value is -1.59. The van der Waals surface area contributed by atoms with Crippen molar-refractivity contribution in [3.63, 3.8) is 0 Å². The number of nitrogens with one attached hydrogen (secondary N) is 1. The van der Waals surface area contributed by atoms with Crippen molar-refractivity contribution in [1.82, 2.24) is 4.98 Å². The van der Waals surface area contributed by atoms with Crippen LogP contribution in [0, 0.1) is 6.92 Å². The van der Waals surface area contributed by atoms with E-state index in [0.29, 0.717) is 23.2 Å². The fourth-order valence-electron chi connectivity index (χ4n) is 1.75. The number of rotatable bonds is 5. The smallest absolute Gasteiger partial charge is 0.338 e. The number of halogens is 1. The Balaban J connectivity index is 2.04. The van der Waals surface area contributed by atoms with Gasteiger partial charge in [-0.15, -0.1) is 11.3 Å². The van der Waals surface area contributed by atoms with E-state index in [1.165, 1.54) is 11.3 Å². The van der Waals surface area contributed by atoms with E-state index in [-0.39, 0.29) is 5.97 Å². The summed E-state index contributed by atoms with van der Waals surface area (Å²) in [7, 11) is 0. The van der Waals surface area contributed by atoms with Gasteiger partial charge in [0.25, 0.3) is 0 Å². The highest BCUT2D eigenvalue weighted by atomic mass is 35.5. The van der Waals surface area contributed by atoms with Gasteiger partial charge in [0.2, 0.25) is 0 Å². The summed E-state index contributed by atoms with van der Waals surface area (Å²) >= 11 is 7.23. The zero-order chi connectivity index (χ0) is 14.5. The molecule has 1 aromatic heterocycles. The molecule has 0 spiro atoms. The molecule has 0 unspecified atom stereocenters. The molecule has 0 bridgehead atoms. The molecule has 2 aromatic rings. The van der Waals surface area contributed by atoms with E-state index in [0.717, 1.165) is 16.1 Å². The first kappa shape index (κ1) is 14.8. The molecule has 1 aromatic carbocycles. The maximum Gasteiger partial charge on any atom is 0.338 e. The molecule has 0 saturated carbocycles. The van der Waals surface area contributed by atoms with E-state index >= 15 is 0 Å². The molecule has 6 heteroatoms. The van der Waals surface area contributed by atoms with E-state index in [2.05, 4.69) is 10.3 Å². The predicted molar refractivity (Wildman–Crippen MR) is 81.6 cm³/mol. The van der Waals surface area contributed by atoms with Crippen LogP contribution in [0.25, 0.3) is 0 Å². The second-order valence-corrected chi connectivity index (χ2v) is 5.88. The lowest BCUT2D eigenvalue weighted by atomic mass is 10.1. The SMILES string of the molecule is CCOC(=O)c1ccc(NCc2cnc(Cl)s2)c(C)c1. The Bertz CT molecular complexity index is 613. The maximum absolute atomic E-state index is 11.6. The number of benzene rings is 1. The predicted octanol–water partition coefficient (Wildman–Crippen LogP) is 3.89. The Kier molecular flexibility index (Phi) is 4.98. The molecule has 0 fully saturated rings. The van der Waals surface area contributed by atoms with E-state index in [1.807, 2.05) is 19.1 Å². The molecule has 1 N–H and O–H groups in total. The van der Waals surface area contributed by atoms with Crippen molar-refractivity contribution >= 4 is 34.6 Å². The fourth-order valence-corrected chi connectivity index (χ4v) is 2.67. The van der Waals surface area contributed by atoms with Crippen LogP contribution in [0.3, 0.4) is 0 Å². The first-order chi connectivity index (χ1) is 9.60. The number of carbonyl (C=O) groups is 1. The molecule has 0 aliphatic rings. The minimum atomic E-state index is -0.295. The van der Waals surface area contributed by atoms with Gasteiger partial charge in [-0.3, -0.25) is 0 Å². The average molecular weight is 311 g/mol. The molecular formula is C14H15ClN2O2S. The van der Waals surface area contributed by atoms with Crippen LogP contribution in [0.2, 0.25) is 4.47 Å². The molecular weight excluding hydrogens is 296 g/mol. The minimum Gasteiger partial charge on any atom is -0.462 e. The van der Waals surface area contributed by atoms with Gasteiger partial charge < -0.3 is 10.1 Å². The van der Waals surface area contributed by atoms with Gasteiger partial charge in [0.1, 0.15) is 0 Å². The Morgan fingerprint density at radius 1 is 1.50 bits per heavy atom. The molecule has 0 atom stereocenters. The lowest BCUT2D eigenvalue weighted by molar-refractivity contribution is 0.0526. The normalized spacial score (nSPS) is 10.3. The highest BCUT2D eigenvalue weighted by Gasteiger charge is 2.08. The minimum absolute atomic E-state index is 0.295. The van der Waals surface area contributed by atoms with Gasteiger partial charge in [0.15, 0.2) is 4.47 Å². The van der Waals surface area contributed by atoms with Crippen molar-refractivity contribution in [3.8, 4) is 0 Å². The van der Waals surface area contributed by atoms with Crippen LogP contribution >= 0.6 is 22.9 Å². The molecule has 0 saturated heterocycles. The van der Waals surface area contributed by atoms with Crippen LogP contribution in [-0.2, 0) is 11.3 Å². The van der Waals surface area contributed by atoms with Gasteiger partial charge in [-0.05, 0) is 37.6 Å². The van der Waals surface area contributed by atoms with Gasteiger partial charge in [0.05, 0.1) is 18.7 Å². The van der Waals surface area contributed by atoms with Crippen molar-refractivity contribution in [2.45, 2.75) is 20.4 Å². The van der Waals surface area contributed by atoms with Gasteiger partial charge >= 0.3 is 5.97 Å². The Morgan fingerprint density at radius 3 is 2.90 bits per heavy atom. The number of hydrogen-bond acceptors (Lipinski definition) is 5. The topological polar surface area (TPSA) is 51.2 Å². The number of anilines is 1. The third kappa shape index (κ3) is 3.71. The lowest BCUT2D eigenvalue weighted by Crippen LogP contribution is -2.06. The van der Waals surface area contributed by atoms with Gasteiger partial charge in [-0.1, -0.05) is 11.6 Å². The largest absolute Gasteiger partial charge is 0.462 e. The van der Waals surface area contributed by atoms with Crippen LogP contribution in [0.4, 0.5) is 5.69 Å². The molecule has 20 heavy (non-hydrogen) atoms. The zero-order valence-corrected chi connectivity index (χ0v) is 12.8. The van der Waals surface area contributed by atoms with Crippen LogP contribution in [0.1, 0.15) is 27.7 Å². The fraction of sp³-hybridized carbons (Fsp3) is 0.286. The summed E-state index contributed by atoms with van der Waals surface area (Å²) in [5, 5.41) is 3.30. The Labute approximate surface area is 126 Å². The third-order valence-corrected chi connectivity index (χ3v) is 3.83. The monoisotopic (exact) mass is 310 g/mol. The molecule has 4 nitrogen and oxygen atoms in total. The molecule has 0 radical (unpaired) electrons. The number of ether oxygens (including phenoxy) is 1. The van der Waals surface area contributed by atoms with E-state index in [4.69, 9.17) is 16.3 Å². The second-order valence-electron chi connectivity index (χ2n) is 4.18. The molecule has 1 heterocycles. The second kappa shape index (κ2) is 6.72. The van der Waals surface area contributed by atoms with E-state index in [9.17, 15) is 4.79 Å². The third-order valence-electron chi connectivity index (χ3n) is 2.72. The highest BCUT2D eigenvalue weighted by Crippen LogP contribution is 2.21. The Morgan fingerprint density at radius 2 is 2.30 bits per heavy atom. The van der Waals surface area contributed by atoms with Crippen molar-refractivity contribution in [3.05, 3.63) is 44.9 Å². The number of hydrogen-bond donors (Lipinski definition) is 1. The van der Waals surface area contributed by atoms with E-state index < -0.39 is 0 Å². The van der Waals surface area contributed by atoms with Crippen molar-refractivity contribution in [2.24, 2.45) is 0 Å². The average Bonchev–Trinajstić information content (AvgIpc) is 2.83. The zero-order valence-electron chi connectivity index (χ0n) is 11.3. The van der Waals surface area contributed by atoms with Gasteiger partial charge in [0, 0.05) is 16.8 Å². The number of aromatic nitrogens is 1. The molecule has 0 aliphatic carbocycles. The summed E-state index contributed by atoms with van der Waals surface area (Å²) in [4.78, 5) is 16.7. The van der Waals surface area contributed by atoms with Gasteiger partial charge in [-0.25, -0.2) is 9.78 Å². The highest BCUT2D eigenvalue weighted by molar-refractivity contribution is 7.15. The van der Waals surface area contributed by atoms with Crippen LogP contribution in [0.5, 0.6) is 0 Å². The first-order valence-corrected chi connectivity index (χ1v) is 7.41. The summed E-state index contributed by atoms with van der Waals surface area (Å²) < 4.78 is 5.51. The van der Waals surface area contributed by atoms with Crippen molar-refractivity contribution in [2.75, 3.05) is 11.9 Å². The molecule has 0 aliphatic heterocycles. The summed E-state index contributed by atoms with van der Waals surface area (Å²) in [5.74, 6) is -0.295. The lowest BCUT2D eigenvalue weighted by Gasteiger charge is -2.10. The molecule has 0 amide bonds. The molecule has 106 valence electrons. The number of thiazole rings is 1. The number of nitrogens with zero attached hydrogens (tertiary/aromatic N) is 1. The maximum atomic E-state index is 11.6. The van der Waals surface area contributed by atoms with Crippen LogP contribution in [-0.4, -0.2) is 17.6 Å². The summed E-state index contributed by atoms with van der Waals surface area (Å²) in [6, 6.07) is 5.46. The standard InChI is InChI=1S/C14H15ClN2O2S/c1-3-19-13(18)10-4-5-12(9(2)6-10)16-7-11-8-17-14(15)20-11/h4-6,8,16H,3,7H2,1-2H3. The van der Waals surface area contributed by atoms with Crippen molar-refractivity contribution in [1.29, 1.82) is 0 Å². The summed E-state index contributed by atoms with van der Waals surface area (Å²) in [6.07, 6.45) is 1.75. The summed E-state index contributed by atoms with van der Waals surface area (Å²) in [5.41, 5.74) is 2.53.